The number of nitro groups is 1. The van der Waals surface area contributed by atoms with E-state index < -0.39 is 4.92 Å². The van der Waals surface area contributed by atoms with E-state index in [2.05, 4.69) is 10.5 Å². The number of hydrogen-bond donors (Lipinski definition) is 1. The SMILES string of the molecule is Cc1ccccc1C(=O)N/N=C\c1ccc(N(C)c2ccccc2)c([N+](=O)[O-])c1. The molecule has 29 heavy (non-hydrogen) atoms. The highest BCUT2D eigenvalue weighted by Crippen LogP contribution is 2.32. The number of para-hydroxylation sites is 1. The third-order valence-corrected chi connectivity index (χ3v) is 4.47. The molecule has 7 heteroatoms. The normalized spacial score (nSPS) is 10.7. The van der Waals surface area contributed by atoms with E-state index >= 15 is 0 Å². The fraction of sp³-hybridized carbons (Fsp3) is 0.0909. The molecule has 0 unspecified atom stereocenters. The highest BCUT2D eigenvalue weighted by molar-refractivity contribution is 5.96. The molecule has 1 amide bonds. The molecule has 0 heterocycles. The second-order valence-corrected chi connectivity index (χ2v) is 6.41. The highest BCUT2D eigenvalue weighted by atomic mass is 16.6. The number of anilines is 2. The zero-order chi connectivity index (χ0) is 20.8. The summed E-state index contributed by atoms with van der Waals surface area (Å²) in [6.07, 6.45) is 1.38. The van der Waals surface area contributed by atoms with E-state index in [-0.39, 0.29) is 11.6 Å². The molecule has 1 N–H and O–H groups in total. The van der Waals surface area contributed by atoms with E-state index in [0.29, 0.717) is 16.8 Å². The van der Waals surface area contributed by atoms with Crippen LogP contribution >= 0.6 is 0 Å². The van der Waals surface area contributed by atoms with E-state index in [1.54, 1.807) is 36.2 Å². The number of nitrogens with one attached hydrogen (secondary N) is 1. The van der Waals surface area contributed by atoms with Crippen molar-refractivity contribution < 1.29 is 9.72 Å². The van der Waals surface area contributed by atoms with Gasteiger partial charge in [0, 0.05) is 29.9 Å². The third-order valence-electron chi connectivity index (χ3n) is 4.47. The lowest BCUT2D eigenvalue weighted by Crippen LogP contribution is -2.18. The lowest BCUT2D eigenvalue weighted by Gasteiger charge is -2.19. The van der Waals surface area contributed by atoms with Crippen molar-refractivity contribution in [3.05, 3.63) is 99.6 Å². The van der Waals surface area contributed by atoms with Gasteiger partial charge in [-0.25, -0.2) is 5.43 Å². The van der Waals surface area contributed by atoms with Gasteiger partial charge in [0.15, 0.2) is 0 Å². The lowest BCUT2D eigenvalue weighted by molar-refractivity contribution is -0.384. The molecule has 146 valence electrons. The maximum Gasteiger partial charge on any atom is 0.293 e. The summed E-state index contributed by atoms with van der Waals surface area (Å²) in [4.78, 5) is 25.1. The van der Waals surface area contributed by atoms with Gasteiger partial charge < -0.3 is 4.90 Å². The second-order valence-electron chi connectivity index (χ2n) is 6.41. The van der Waals surface area contributed by atoms with Crippen LogP contribution in [0.5, 0.6) is 0 Å². The quantitative estimate of drug-likeness (QED) is 0.384. The van der Waals surface area contributed by atoms with Crippen LogP contribution in [0.2, 0.25) is 0 Å². The van der Waals surface area contributed by atoms with Gasteiger partial charge in [0.2, 0.25) is 0 Å². The third kappa shape index (κ3) is 4.65. The Hall–Kier alpha value is -4.00. The summed E-state index contributed by atoms with van der Waals surface area (Å²) in [5, 5.41) is 15.5. The molecule has 0 fully saturated rings. The van der Waals surface area contributed by atoms with Crippen LogP contribution in [0.15, 0.2) is 77.9 Å². The second kappa shape index (κ2) is 8.79. The first-order valence-electron chi connectivity index (χ1n) is 8.93. The van der Waals surface area contributed by atoms with Crippen molar-refractivity contribution in [3.8, 4) is 0 Å². The maximum atomic E-state index is 12.2. The van der Waals surface area contributed by atoms with Gasteiger partial charge in [-0.15, -0.1) is 0 Å². The molecule has 7 nitrogen and oxygen atoms in total. The first-order chi connectivity index (χ1) is 14.0. The van der Waals surface area contributed by atoms with Crippen LogP contribution in [0.4, 0.5) is 17.1 Å². The summed E-state index contributed by atoms with van der Waals surface area (Å²) >= 11 is 0. The largest absolute Gasteiger partial charge is 0.339 e. The predicted molar refractivity (Wildman–Crippen MR) is 114 cm³/mol. The van der Waals surface area contributed by atoms with Crippen LogP contribution in [-0.2, 0) is 0 Å². The molecular weight excluding hydrogens is 368 g/mol. The van der Waals surface area contributed by atoms with E-state index in [1.165, 1.54) is 12.3 Å². The molecular formula is C22H20N4O3. The van der Waals surface area contributed by atoms with E-state index in [9.17, 15) is 14.9 Å². The maximum absolute atomic E-state index is 12.2. The molecule has 0 aliphatic heterocycles. The molecule has 3 rings (SSSR count). The molecule has 0 bridgehead atoms. The Morgan fingerprint density at radius 1 is 1.07 bits per heavy atom. The van der Waals surface area contributed by atoms with Crippen molar-refractivity contribution in [1.82, 2.24) is 5.43 Å². The number of nitro benzene ring substituents is 1. The van der Waals surface area contributed by atoms with Gasteiger partial charge in [-0.1, -0.05) is 42.5 Å². The van der Waals surface area contributed by atoms with Crippen LogP contribution < -0.4 is 10.3 Å². The van der Waals surface area contributed by atoms with Crippen LogP contribution in [0, 0.1) is 17.0 Å². The topological polar surface area (TPSA) is 87.8 Å². The minimum absolute atomic E-state index is 0.0504. The Kier molecular flexibility index (Phi) is 5.99. The molecule has 0 radical (unpaired) electrons. The molecule has 3 aromatic rings. The van der Waals surface area contributed by atoms with Crippen molar-refractivity contribution in [2.75, 3.05) is 11.9 Å². The number of benzene rings is 3. The summed E-state index contributed by atoms with van der Waals surface area (Å²) in [6.45, 7) is 1.84. The van der Waals surface area contributed by atoms with Crippen molar-refractivity contribution in [1.29, 1.82) is 0 Å². The van der Waals surface area contributed by atoms with Gasteiger partial charge in [-0.05, 0) is 36.8 Å². The smallest absolute Gasteiger partial charge is 0.293 e. The van der Waals surface area contributed by atoms with E-state index in [4.69, 9.17) is 0 Å². The number of hydrogen-bond acceptors (Lipinski definition) is 5. The molecule has 0 aliphatic carbocycles. The summed E-state index contributed by atoms with van der Waals surface area (Å²) < 4.78 is 0. The van der Waals surface area contributed by atoms with Gasteiger partial charge in [0.05, 0.1) is 11.1 Å². The van der Waals surface area contributed by atoms with Gasteiger partial charge >= 0.3 is 0 Å². The van der Waals surface area contributed by atoms with Gasteiger partial charge in [0.25, 0.3) is 11.6 Å². The fourth-order valence-electron chi connectivity index (χ4n) is 2.89. The lowest BCUT2D eigenvalue weighted by atomic mass is 10.1. The first-order valence-corrected chi connectivity index (χ1v) is 8.93. The fourth-order valence-corrected chi connectivity index (χ4v) is 2.89. The van der Waals surface area contributed by atoms with Crippen LogP contribution in [0.3, 0.4) is 0 Å². The molecule has 3 aromatic carbocycles. The number of hydrazone groups is 1. The summed E-state index contributed by atoms with van der Waals surface area (Å²) in [7, 11) is 1.77. The molecule has 0 spiro atoms. The average molecular weight is 388 g/mol. The number of carbonyl (C=O) groups excluding carboxylic acids is 1. The van der Waals surface area contributed by atoms with Crippen molar-refractivity contribution >= 4 is 29.2 Å². The summed E-state index contributed by atoms with van der Waals surface area (Å²) in [5.74, 6) is -0.339. The Morgan fingerprint density at radius 3 is 2.45 bits per heavy atom. The minimum Gasteiger partial charge on any atom is -0.339 e. The highest BCUT2D eigenvalue weighted by Gasteiger charge is 2.18. The summed E-state index contributed by atoms with van der Waals surface area (Å²) in [5.41, 5.74) is 5.56. The van der Waals surface area contributed by atoms with Crippen LogP contribution in [-0.4, -0.2) is 24.1 Å². The van der Waals surface area contributed by atoms with Crippen LogP contribution in [0.1, 0.15) is 21.5 Å². The van der Waals surface area contributed by atoms with Gasteiger partial charge in [0.1, 0.15) is 5.69 Å². The van der Waals surface area contributed by atoms with Gasteiger partial charge in [-0.2, -0.15) is 5.10 Å². The number of rotatable bonds is 6. The molecule has 0 saturated heterocycles. The van der Waals surface area contributed by atoms with E-state index in [0.717, 1.165) is 11.3 Å². The Labute approximate surface area is 168 Å². The summed E-state index contributed by atoms with van der Waals surface area (Å²) in [6, 6.07) is 21.4. The molecule has 0 atom stereocenters. The number of amides is 1. The van der Waals surface area contributed by atoms with E-state index in [1.807, 2.05) is 49.4 Å². The standard InChI is InChI=1S/C22H20N4O3/c1-16-8-6-7-11-19(16)22(27)24-23-15-17-12-13-20(21(14-17)26(28)29)25(2)18-9-4-3-5-10-18/h3-15H,1-2H3,(H,24,27)/b23-15-. The Morgan fingerprint density at radius 2 is 1.76 bits per heavy atom. The number of aryl methyl sites for hydroxylation is 1. The molecule has 0 aliphatic rings. The average Bonchev–Trinajstić information content (AvgIpc) is 2.74. The predicted octanol–water partition coefficient (Wildman–Crippen LogP) is 4.44. The zero-order valence-corrected chi connectivity index (χ0v) is 16.1. The Bertz CT molecular complexity index is 1060. The molecule has 0 saturated carbocycles. The number of nitrogens with zero attached hydrogens (tertiary/aromatic N) is 3. The zero-order valence-electron chi connectivity index (χ0n) is 16.1. The van der Waals surface area contributed by atoms with Gasteiger partial charge in [-0.3, -0.25) is 14.9 Å². The first kappa shape index (κ1) is 19.8. The van der Waals surface area contributed by atoms with Crippen molar-refractivity contribution in [2.45, 2.75) is 6.92 Å². The van der Waals surface area contributed by atoms with Crippen LogP contribution in [0.25, 0.3) is 0 Å². The molecule has 0 aromatic heterocycles. The van der Waals surface area contributed by atoms with Crippen molar-refractivity contribution in [2.24, 2.45) is 5.10 Å². The number of carbonyl (C=O) groups is 1. The Balaban J connectivity index is 1.80. The monoisotopic (exact) mass is 388 g/mol. The van der Waals surface area contributed by atoms with Crippen molar-refractivity contribution in [3.63, 3.8) is 0 Å². The minimum atomic E-state index is -0.433.